The number of carbonyl (C=O) groups excluding carboxylic acids is 3. The third-order valence-corrected chi connectivity index (χ3v) is 7.14. The monoisotopic (exact) mass is 559 g/mol. The predicted molar refractivity (Wildman–Crippen MR) is 154 cm³/mol. The molecular weight excluding hydrogens is 530 g/mol. The quantitative estimate of drug-likeness (QED) is 0.267. The molecule has 0 aliphatic carbocycles. The van der Waals surface area contributed by atoms with E-state index in [0.29, 0.717) is 22.7 Å². The van der Waals surface area contributed by atoms with Crippen LogP contribution in [-0.2, 0) is 11.3 Å². The number of hydrogen-bond acceptors (Lipinski definition) is 8. The molecule has 1 aromatic heterocycles. The summed E-state index contributed by atoms with van der Waals surface area (Å²) in [6, 6.07) is 20.4. The zero-order valence-corrected chi connectivity index (χ0v) is 23.0. The fourth-order valence-electron chi connectivity index (χ4n) is 4.26. The summed E-state index contributed by atoms with van der Waals surface area (Å²) in [4.78, 5) is 41.5. The van der Waals surface area contributed by atoms with Gasteiger partial charge in [-0.1, -0.05) is 54.6 Å². The second-order valence-corrected chi connectivity index (χ2v) is 9.59. The average Bonchev–Trinajstić information content (AvgIpc) is 3.36. The van der Waals surface area contributed by atoms with E-state index in [1.807, 2.05) is 49.4 Å². The van der Waals surface area contributed by atoms with E-state index in [1.54, 1.807) is 30.3 Å². The maximum atomic E-state index is 14.3. The Bertz CT molecular complexity index is 1540. The molecule has 1 unspecified atom stereocenters. The predicted octanol–water partition coefficient (Wildman–Crippen LogP) is 3.85. The average molecular weight is 560 g/mol. The van der Waals surface area contributed by atoms with Crippen molar-refractivity contribution in [1.29, 1.82) is 0 Å². The number of nitrogen functional groups attached to an aromatic ring is 1. The van der Waals surface area contributed by atoms with E-state index in [1.165, 1.54) is 19.1 Å². The Balaban J connectivity index is 1.89. The Kier molecular flexibility index (Phi) is 8.65. The number of carbonyl (C=O) groups is 3. The van der Waals surface area contributed by atoms with E-state index in [2.05, 4.69) is 9.69 Å². The van der Waals surface area contributed by atoms with E-state index >= 15 is 0 Å². The summed E-state index contributed by atoms with van der Waals surface area (Å²) in [6.07, 6.45) is 0. The number of amides is 3. The highest BCUT2D eigenvalue weighted by molar-refractivity contribution is 7.09. The first-order valence-electron chi connectivity index (χ1n) is 12.2. The minimum atomic E-state index is -1.17. The van der Waals surface area contributed by atoms with E-state index in [-0.39, 0.29) is 22.8 Å². The van der Waals surface area contributed by atoms with Crippen LogP contribution in [0.25, 0.3) is 0 Å². The second-order valence-electron chi connectivity index (χ2n) is 8.82. The van der Waals surface area contributed by atoms with Crippen LogP contribution in [0.1, 0.15) is 42.9 Å². The lowest BCUT2D eigenvalue weighted by molar-refractivity contribution is -0.122. The first-order valence-corrected chi connectivity index (χ1v) is 13.0. The molecule has 1 atom stereocenters. The molecule has 4 aromatic rings. The van der Waals surface area contributed by atoms with Gasteiger partial charge in [0.2, 0.25) is 5.91 Å². The van der Waals surface area contributed by atoms with Crippen molar-refractivity contribution in [3.63, 3.8) is 0 Å². The normalized spacial score (nSPS) is 11.4. The number of ether oxygens (including phenoxy) is 2. The number of benzene rings is 3. The summed E-state index contributed by atoms with van der Waals surface area (Å²) in [7, 11) is 2.99. The van der Waals surface area contributed by atoms with Gasteiger partial charge in [0.05, 0.1) is 19.9 Å². The fraction of sp³-hybridized carbons (Fsp3) is 0.172. The van der Waals surface area contributed by atoms with Gasteiger partial charge < -0.3 is 26.3 Å². The molecule has 5 N–H and O–H groups in total. The van der Waals surface area contributed by atoms with Crippen LogP contribution >= 0.6 is 11.5 Å². The number of aromatic nitrogens is 1. The first-order chi connectivity index (χ1) is 19.3. The van der Waals surface area contributed by atoms with Crippen molar-refractivity contribution < 1.29 is 23.9 Å². The Morgan fingerprint density at radius 1 is 0.975 bits per heavy atom. The van der Waals surface area contributed by atoms with Crippen molar-refractivity contribution in [3.8, 4) is 11.5 Å². The summed E-state index contributed by atoms with van der Waals surface area (Å²) in [6.45, 7) is 2.06. The highest BCUT2D eigenvalue weighted by Crippen LogP contribution is 2.37. The lowest BCUT2D eigenvalue weighted by Crippen LogP contribution is -2.44. The van der Waals surface area contributed by atoms with E-state index < -0.39 is 23.8 Å². The van der Waals surface area contributed by atoms with E-state index in [4.69, 9.17) is 20.9 Å². The fourth-order valence-corrected chi connectivity index (χ4v) is 5.00. The number of nitrogens with zero attached hydrogens (tertiary/aromatic N) is 2. The van der Waals surface area contributed by atoms with Crippen molar-refractivity contribution >= 4 is 40.6 Å². The van der Waals surface area contributed by atoms with Crippen molar-refractivity contribution in [3.05, 3.63) is 100 Å². The van der Waals surface area contributed by atoms with E-state index in [0.717, 1.165) is 22.7 Å². The third-order valence-electron chi connectivity index (χ3n) is 6.29. The second kappa shape index (κ2) is 12.3. The third kappa shape index (κ3) is 5.74. The topological polar surface area (TPSA) is 150 Å². The van der Waals surface area contributed by atoms with Crippen LogP contribution in [0.4, 0.5) is 11.4 Å². The maximum Gasteiger partial charge on any atom is 0.273 e. The van der Waals surface area contributed by atoms with Gasteiger partial charge in [0, 0.05) is 12.2 Å². The summed E-state index contributed by atoms with van der Waals surface area (Å²) < 4.78 is 14.9. The van der Waals surface area contributed by atoms with Crippen LogP contribution in [-0.4, -0.2) is 36.3 Å². The summed E-state index contributed by atoms with van der Waals surface area (Å²) in [5.41, 5.74) is 13.8. The largest absolute Gasteiger partial charge is 0.493 e. The SMILES string of the molecule is COc1ccc(C(C(=O)NCc2ccccc2)N(C(=O)c2snc(C(N)=O)c2N)c2ccccc2C)cc1OC. The van der Waals surface area contributed by atoms with Gasteiger partial charge >= 0.3 is 0 Å². The molecular formula is C29H29N5O5S. The number of nitrogens with two attached hydrogens (primary N) is 2. The van der Waals surface area contributed by atoms with Gasteiger partial charge in [-0.05, 0) is 53.3 Å². The molecule has 0 aliphatic heterocycles. The van der Waals surface area contributed by atoms with Gasteiger partial charge in [-0.15, -0.1) is 0 Å². The van der Waals surface area contributed by atoms with Gasteiger partial charge in [-0.25, -0.2) is 0 Å². The number of methoxy groups -OCH3 is 2. The minimum absolute atomic E-state index is 0.0154. The van der Waals surface area contributed by atoms with Crippen LogP contribution in [0.2, 0.25) is 0 Å². The number of primary amides is 1. The molecule has 0 aliphatic rings. The van der Waals surface area contributed by atoms with Gasteiger partial charge in [0.1, 0.15) is 10.9 Å². The summed E-state index contributed by atoms with van der Waals surface area (Å²) in [5, 5.41) is 2.96. The zero-order chi connectivity index (χ0) is 28.8. The Hall–Kier alpha value is -4.90. The molecule has 0 radical (unpaired) electrons. The van der Waals surface area contributed by atoms with Crippen LogP contribution in [0, 0.1) is 6.92 Å². The number of anilines is 2. The lowest BCUT2D eigenvalue weighted by atomic mass is 10.0. The van der Waals surface area contributed by atoms with Crippen molar-refractivity contribution in [1.82, 2.24) is 9.69 Å². The van der Waals surface area contributed by atoms with Crippen LogP contribution in [0.3, 0.4) is 0 Å². The van der Waals surface area contributed by atoms with Gasteiger partial charge in [-0.2, -0.15) is 4.37 Å². The molecule has 0 spiro atoms. The molecule has 206 valence electrons. The zero-order valence-electron chi connectivity index (χ0n) is 22.2. The van der Waals surface area contributed by atoms with Gasteiger partial charge in [0.25, 0.3) is 11.8 Å². The number of hydrogen-bond donors (Lipinski definition) is 3. The molecule has 40 heavy (non-hydrogen) atoms. The van der Waals surface area contributed by atoms with Crippen molar-refractivity contribution in [2.24, 2.45) is 5.73 Å². The Morgan fingerprint density at radius 2 is 1.65 bits per heavy atom. The minimum Gasteiger partial charge on any atom is -0.493 e. The van der Waals surface area contributed by atoms with Crippen LogP contribution in [0.5, 0.6) is 11.5 Å². The van der Waals surface area contributed by atoms with E-state index in [9.17, 15) is 14.4 Å². The Labute approximate surface area is 235 Å². The highest BCUT2D eigenvalue weighted by Gasteiger charge is 2.37. The summed E-state index contributed by atoms with van der Waals surface area (Å²) >= 11 is 0.746. The molecule has 3 aromatic carbocycles. The Morgan fingerprint density at radius 3 is 2.27 bits per heavy atom. The first kappa shape index (κ1) is 28.1. The number of nitrogens with one attached hydrogen (secondary N) is 1. The van der Waals surface area contributed by atoms with Gasteiger partial charge in [0.15, 0.2) is 17.2 Å². The smallest absolute Gasteiger partial charge is 0.273 e. The molecule has 0 bridgehead atoms. The highest BCUT2D eigenvalue weighted by atomic mass is 32.1. The number of aryl methyl sites for hydroxylation is 1. The van der Waals surface area contributed by atoms with Crippen molar-refractivity contribution in [2.45, 2.75) is 19.5 Å². The molecule has 0 fully saturated rings. The van der Waals surface area contributed by atoms with Gasteiger partial charge in [-0.3, -0.25) is 19.3 Å². The molecule has 10 nitrogen and oxygen atoms in total. The lowest BCUT2D eigenvalue weighted by Gasteiger charge is -2.32. The number of para-hydroxylation sites is 1. The number of rotatable bonds is 10. The van der Waals surface area contributed by atoms with Crippen LogP contribution in [0.15, 0.2) is 72.8 Å². The molecule has 0 saturated carbocycles. The molecule has 4 rings (SSSR count). The molecule has 3 amide bonds. The standard InChI is InChI=1S/C29H29N5O5S/c1-17-9-7-8-12-20(17)34(29(37)26-23(30)24(27(31)35)33-40-26)25(19-13-14-21(38-2)22(15-19)39-3)28(36)32-16-18-10-5-4-6-11-18/h4-15,25H,16,30H2,1-3H3,(H2,31,35)(H,32,36). The maximum absolute atomic E-state index is 14.3. The van der Waals surface area contributed by atoms with Crippen molar-refractivity contribution in [2.75, 3.05) is 24.9 Å². The molecule has 1 heterocycles. The molecule has 0 saturated heterocycles. The summed E-state index contributed by atoms with van der Waals surface area (Å²) in [5.74, 6) is -1.09. The molecule has 11 heteroatoms. The van der Waals surface area contributed by atoms with Crippen LogP contribution < -0.4 is 31.2 Å².